The molecule has 1 aliphatic rings. The van der Waals surface area contributed by atoms with Gasteiger partial charge in [0.2, 0.25) is 0 Å². The van der Waals surface area contributed by atoms with E-state index in [9.17, 15) is 0 Å². The van der Waals surface area contributed by atoms with Gasteiger partial charge in [0.05, 0.1) is 5.69 Å². The van der Waals surface area contributed by atoms with E-state index in [4.69, 9.17) is 9.47 Å². The Morgan fingerprint density at radius 1 is 1.23 bits per heavy atom. The molecular formula is C9H12ClNO2. The van der Waals surface area contributed by atoms with Crippen LogP contribution in [0.2, 0.25) is 0 Å². The summed E-state index contributed by atoms with van der Waals surface area (Å²) >= 11 is 0. The number of nitrogens with one attached hydrogen (secondary N) is 1. The van der Waals surface area contributed by atoms with Crippen LogP contribution in [0.25, 0.3) is 0 Å². The van der Waals surface area contributed by atoms with Crippen LogP contribution in [0.3, 0.4) is 0 Å². The van der Waals surface area contributed by atoms with Crippen molar-refractivity contribution in [2.24, 2.45) is 0 Å². The van der Waals surface area contributed by atoms with Gasteiger partial charge in [-0.25, -0.2) is 0 Å². The van der Waals surface area contributed by atoms with E-state index in [0.29, 0.717) is 13.2 Å². The van der Waals surface area contributed by atoms with Crippen LogP contribution in [0.15, 0.2) is 18.2 Å². The van der Waals surface area contributed by atoms with Gasteiger partial charge in [0.25, 0.3) is 0 Å². The molecule has 0 amide bonds. The molecule has 72 valence electrons. The molecule has 0 spiro atoms. The van der Waals surface area contributed by atoms with Gasteiger partial charge in [-0.3, -0.25) is 0 Å². The minimum Gasteiger partial charge on any atom is -0.486 e. The smallest absolute Gasteiger partial charge is 0.184 e. The van der Waals surface area contributed by atoms with Crippen molar-refractivity contribution in [2.75, 3.05) is 25.6 Å². The maximum atomic E-state index is 5.46. The van der Waals surface area contributed by atoms with E-state index in [2.05, 4.69) is 5.32 Å². The van der Waals surface area contributed by atoms with Crippen LogP contribution in [-0.2, 0) is 0 Å². The van der Waals surface area contributed by atoms with Crippen molar-refractivity contribution in [3.05, 3.63) is 18.2 Å². The van der Waals surface area contributed by atoms with E-state index < -0.39 is 0 Å². The second kappa shape index (κ2) is 4.23. The Morgan fingerprint density at radius 3 is 2.77 bits per heavy atom. The molecule has 1 aromatic rings. The highest BCUT2D eigenvalue weighted by atomic mass is 35.5. The number of ether oxygens (including phenoxy) is 2. The highest BCUT2D eigenvalue weighted by molar-refractivity contribution is 5.85. The molecule has 1 aliphatic heterocycles. The van der Waals surface area contributed by atoms with Crippen LogP contribution in [0.5, 0.6) is 11.5 Å². The average Bonchev–Trinajstić information content (AvgIpc) is 2.17. The van der Waals surface area contributed by atoms with Gasteiger partial charge in [-0.1, -0.05) is 6.07 Å². The monoisotopic (exact) mass is 201 g/mol. The third kappa shape index (κ3) is 1.80. The summed E-state index contributed by atoms with van der Waals surface area (Å²) in [6.07, 6.45) is 0. The van der Waals surface area contributed by atoms with Crippen molar-refractivity contribution in [3.8, 4) is 11.5 Å². The summed E-state index contributed by atoms with van der Waals surface area (Å²) < 4.78 is 10.9. The normalized spacial score (nSPS) is 13.0. The van der Waals surface area contributed by atoms with Gasteiger partial charge in [0.15, 0.2) is 11.5 Å². The molecule has 0 radical (unpaired) electrons. The van der Waals surface area contributed by atoms with Crippen molar-refractivity contribution in [2.45, 2.75) is 0 Å². The average molecular weight is 202 g/mol. The van der Waals surface area contributed by atoms with Crippen molar-refractivity contribution in [1.82, 2.24) is 0 Å². The summed E-state index contributed by atoms with van der Waals surface area (Å²) in [6.45, 7) is 1.27. The van der Waals surface area contributed by atoms with Gasteiger partial charge >= 0.3 is 0 Å². The highest BCUT2D eigenvalue weighted by Gasteiger charge is 2.13. The first kappa shape index (κ1) is 9.99. The summed E-state index contributed by atoms with van der Waals surface area (Å²) in [5, 5.41) is 3.05. The van der Waals surface area contributed by atoms with Gasteiger partial charge < -0.3 is 14.8 Å². The van der Waals surface area contributed by atoms with Crippen molar-refractivity contribution >= 4 is 18.1 Å². The van der Waals surface area contributed by atoms with E-state index in [1.165, 1.54) is 0 Å². The molecular weight excluding hydrogens is 190 g/mol. The molecule has 0 fully saturated rings. The van der Waals surface area contributed by atoms with Gasteiger partial charge in [0.1, 0.15) is 13.2 Å². The first-order chi connectivity index (χ1) is 5.92. The van der Waals surface area contributed by atoms with E-state index in [1.54, 1.807) is 0 Å². The maximum absolute atomic E-state index is 5.46. The Kier molecular flexibility index (Phi) is 3.25. The van der Waals surface area contributed by atoms with Gasteiger partial charge in [-0.05, 0) is 12.1 Å². The quantitative estimate of drug-likeness (QED) is 0.753. The summed E-state index contributed by atoms with van der Waals surface area (Å²) in [4.78, 5) is 0. The molecule has 1 N–H and O–H groups in total. The first-order valence-corrected chi connectivity index (χ1v) is 3.98. The largest absolute Gasteiger partial charge is 0.486 e. The Labute approximate surface area is 83.5 Å². The molecule has 2 rings (SSSR count). The van der Waals surface area contributed by atoms with E-state index >= 15 is 0 Å². The number of para-hydroxylation sites is 1. The lowest BCUT2D eigenvalue weighted by molar-refractivity contribution is 0.172. The summed E-state index contributed by atoms with van der Waals surface area (Å²) in [6, 6.07) is 5.82. The molecule has 0 aromatic heterocycles. The molecule has 3 nitrogen and oxygen atoms in total. The van der Waals surface area contributed by atoms with Crippen LogP contribution in [0.4, 0.5) is 5.69 Å². The zero-order valence-electron chi connectivity index (χ0n) is 7.37. The maximum Gasteiger partial charge on any atom is 0.184 e. The minimum absolute atomic E-state index is 0. The standard InChI is InChI=1S/C9H11NO2.ClH/c1-10-7-3-2-4-8-9(7)12-6-5-11-8;/h2-4,10H,5-6H2,1H3;1H. The fourth-order valence-corrected chi connectivity index (χ4v) is 1.27. The topological polar surface area (TPSA) is 30.5 Å². The molecule has 0 saturated heterocycles. The second-order valence-corrected chi connectivity index (χ2v) is 2.58. The number of hydrogen-bond donors (Lipinski definition) is 1. The number of fused-ring (bicyclic) bond motifs is 1. The van der Waals surface area contributed by atoms with E-state index in [1.807, 2.05) is 25.2 Å². The van der Waals surface area contributed by atoms with Gasteiger partial charge in [-0.15, -0.1) is 12.4 Å². The Bertz CT molecular complexity index is 277. The molecule has 13 heavy (non-hydrogen) atoms. The summed E-state index contributed by atoms with van der Waals surface area (Å²) in [5.41, 5.74) is 0.979. The van der Waals surface area contributed by atoms with Crippen LogP contribution in [0, 0.1) is 0 Å². The molecule has 0 saturated carbocycles. The zero-order valence-corrected chi connectivity index (χ0v) is 8.19. The Balaban J connectivity index is 0.000000845. The first-order valence-electron chi connectivity index (χ1n) is 3.98. The lowest BCUT2D eigenvalue weighted by atomic mass is 10.2. The number of anilines is 1. The Morgan fingerprint density at radius 2 is 2.00 bits per heavy atom. The molecule has 0 aliphatic carbocycles. The predicted octanol–water partition coefficient (Wildman–Crippen LogP) is 1.92. The fourth-order valence-electron chi connectivity index (χ4n) is 1.27. The SMILES string of the molecule is CNc1cccc2c1OCCO2.Cl. The lowest BCUT2D eigenvalue weighted by Gasteiger charge is -2.20. The molecule has 0 bridgehead atoms. The minimum atomic E-state index is 0. The van der Waals surface area contributed by atoms with Crippen molar-refractivity contribution in [1.29, 1.82) is 0 Å². The zero-order chi connectivity index (χ0) is 8.39. The third-order valence-electron chi connectivity index (χ3n) is 1.84. The van der Waals surface area contributed by atoms with Crippen LogP contribution >= 0.6 is 12.4 Å². The summed E-state index contributed by atoms with van der Waals surface area (Å²) in [7, 11) is 1.87. The van der Waals surface area contributed by atoms with Crippen molar-refractivity contribution in [3.63, 3.8) is 0 Å². The molecule has 1 heterocycles. The highest BCUT2D eigenvalue weighted by Crippen LogP contribution is 2.36. The van der Waals surface area contributed by atoms with Crippen LogP contribution < -0.4 is 14.8 Å². The number of rotatable bonds is 1. The predicted molar refractivity (Wildman–Crippen MR) is 54.2 cm³/mol. The van der Waals surface area contributed by atoms with Crippen LogP contribution in [0.1, 0.15) is 0 Å². The van der Waals surface area contributed by atoms with Crippen molar-refractivity contribution < 1.29 is 9.47 Å². The lowest BCUT2D eigenvalue weighted by Crippen LogP contribution is -2.16. The van der Waals surface area contributed by atoms with Crippen LogP contribution in [-0.4, -0.2) is 20.3 Å². The number of halogens is 1. The van der Waals surface area contributed by atoms with Gasteiger partial charge in [0, 0.05) is 7.05 Å². The molecule has 4 heteroatoms. The summed E-state index contributed by atoms with van der Waals surface area (Å²) in [5.74, 6) is 1.65. The van der Waals surface area contributed by atoms with E-state index in [-0.39, 0.29) is 12.4 Å². The second-order valence-electron chi connectivity index (χ2n) is 2.58. The molecule has 0 unspecified atom stereocenters. The Hall–Kier alpha value is -1.09. The molecule has 0 atom stereocenters. The number of benzene rings is 1. The van der Waals surface area contributed by atoms with Gasteiger partial charge in [-0.2, -0.15) is 0 Å². The number of hydrogen-bond acceptors (Lipinski definition) is 3. The molecule has 1 aromatic carbocycles. The third-order valence-corrected chi connectivity index (χ3v) is 1.84. The fraction of sp³-hybridized carbons (Fsp3) is 0.333. The van der Waals surface area contributed by atoms with E-state index in [0.717, 1.165) is 17.2 Å².